The minimum Gasteiger partial charge on any atom is -0.390 e. The fourth-order valence-corrected chi connectivity index (χ4v) is 2.61. The lowest BCUT2D eigenvalue weighted by Crippen LogP contribution is -2.40. The van der Waals surface area contributed by atoms with Crippen molar-refractivity contribution in [3.8, 4) is 11.8 Å². The van der Waals surface area contributed by atoms with Gasteiger partial charge in [-0.1, -0.05) is 26.2 Å². The molecule has 0 aromatic carbocycles. The van der Waals surface area contributed by atoms with Crippen molar-refractivity contribution >= 4 is 0 Å². The molecule has 0 bridgehead atoms. The Morgan fingerprint density at radius 1 is 1.43 bits per heavy atom. The molecule has 0 heterocycles. The summed E-state index contributed by atoms with van der Waals surface area (Å²) in [5, 5.41) is 10.5. The highest BCUT2D eigenvalue weighted by atomic mass is 16.3. The number of aliphatic hydroxyl groups is 1. The van der Waals surface area contributed by atoms with Crippen LogP contribution in [0.1, 0.15) is 58.8 Å². The van der Waals surface area contributed by atoms with Gasteiger partial charge in [-0.15, -0.1) is 11.8 Å². The first-order valence-corrected chi connectivity index (χ1v) is 5.85. The quantitative estimate of drug-likeness (QED) is 0.684. The molecule has 1 nitrogen and oxygen atoms in total. The Morgan fingerprint density at radius 2 is 2.21 bits per heavy atom. The van der Waals surface area contributed by atoms with E-state index in [1.807, 2.05) is 6.92 Å². The highest BCUT2D eigenvalue weighted by molar-refractivity contribution is 4.99. The van der Waals surface area contributed by atoms with Gasteiger partial charge in [0.25, 0.3) is 0 Å². The molecule has 1 N–H and O–H groups in total. The van der Waals surface area contributed by atoms with E-state index >= 15 is 0 Å². The van der Waals surface area contributed by atoms with E-state index in [0.29, 0.717) is 5.92 Å². The summed E-state index contributed by atoms with van der Waals surface area (Å²) in [5.41, 5.74) is -0.406. The molecule has 1 heteroatoms. The molecule has 0 aromatic rings. The summed E-state index contributed by atoms with van der Waals surface area (Å²) in [4.78, 5) is 0. The van der Waals surface area contributed by atoms with Crippen LogP contribution in [0.4, 0.5) is 0 Å². The Bertz CT molecular complexity index is 223. The van der Waals surface area contributed by atoms with Gasteiger partial charge in [-0.25, -0.2) is 0 Å². The lowest BCUT2D eigenvalue weighted by Gasteiger charge is -2.39. The minimum absolute atomic E-state index is 0.406. The van der Waals surface area contributed by atoms with E-state index in [2.05, 4.69) is 18.8 Å². The fourth-order valence-electron chi connectivity index (χ4n) is 2.61. The Morgan fingerprint density at radius 3 is 2.86 bits per heavy atom. The van der Waals surface area contributed by atoms with E-state index < -0.39 is 5.60 Å². The third-order valence-electron chi connectivity index (χ3n) is 3.52. The summed E-state index contributed by atoms with van der Waals surface area (Å²) in [5.74, 6) is 6.46. The van der Waals surface area contributed by atoms with E-state index in [1.165, 1.54) is 19.3 Å². The van der Waals surface area contributed by atoms with Crippen molar-refractivity contribution < 1.29 is 5.11 Å². The topological polar surface area (TPSA) is 20.2 Å². The zero-order valence-electron chi connectivity index (χ0n) is 9.47. The average Bonchev–Trinajstić information content (AvgIpc) is 2.19. The first kappa shape index (κ1) is 11.6. The number of hydrogen-bond acceptors (Lipinski definition) is 1. The van der Waals surface area contributed by atoms with Gasteiger partial charge in [0.05, 0.1) is 5.60 Å². The second-order valence-corrected chi connectivity index (χ2v) is 4.38. The molecule has 1 aliphatic carbocycles. The molecular formula is C13H22O. The van der Waals surface area contributed by atoms with Crippen molar-refractivity contribution in [1.82, 2.24) is 0 Å². The van der Waals surface area contributed by atoms with Crippen LogP contribution < -0.4 is 0 Å². The van der Waals surface area contributed by atoms with Crippen molar-refractivity contribution in [2.75, 3.05) is 0 Å². The van der Waals surface area contributed by atoms with Crippen LogP contribution >= 0.6 is 0 Å². The van der Waals surface area contributed by atoms with E-state index in [0.717, 1.165) is 25.7 Å². The van der Waals surface area contributed by atoms with Gasteiger partial charge in [0.15, 0.2) is 0 Å². The normalized spacial score (nSPS) is 32.1. The molecule has 0 amide bonds. The average molecular weight is 194 g/mol. The molecule has 0 spiro atoms. The van der Waals surface area contributed by atoms with Crippen LogP contribution in [0.5, 0.6) is 0 Å². The summed E-state index contributed by atoms with van der Waals surface area (Å²) >= 11 is 0. The predicted octanol–water partition coefficient (Wildman–Crippen LogP) is 3.12. The summed E-state index contributed by atoms with van der Waals surface area (Å²) in [7, 11) is 0. The third-order valence-corrected chi connectivity index (χ3v) is 3.52. The summed E-state index contributed by atoms with van der Waals surface area (Å²) in [6, 6.07) is 0. The third kappa shape index (κ3) is 2.75. The lowest BCUT2D eigenvalue weighted by atomic mass is 9.72. The number of hydrogen-bond donors (Lipinski definition) is 1. The SMILES string of the molecule is CC#CCCC1(O)CCCCC1CC. The molecule has 1 fully saturated rings. The van der Waals surface area contributed by atoms with E-state index in [-0.39, 0.29) is 0 Å². The zero-order chi connectivity index (χ0) is 10.4. The summed E-state index contributed by atoms with van der Waals surface area (Å²) < 4.78 is 0. The molecule has 0 aromatic heterocycles. The largest absolute Gasteiger partial charge is 0.390 e. The molecule has 1 aliphatic rings. The van der Waals surface area contributed by atoms with Gasteiger partial charge >= 0.3 is 0 Å². The van der Waals surface area contributed by atoms with Crippen LogP contribution in [-0.4, -0.2) is 10.7 Å². The monoisotopic (exact) mass is 194 g/mol. The molecule has 14 heavy (non-hydrogen) atoms. The van der Waals surface area contributed by atoms with Gasteiger partial charge in [0.1, 0.15) is 0 Å². The lowest BCUT2D eigenvalue weighted by molar-refractivity contribution is -0.0550. The standard InChI is InChI=1S/C13H22O/c1-3-5-7-10-13(14)11-8-6-9-12(13)4-2/h12,14H,4,6-11H2,1-2H3. The molecule has 0 radical (unpaired) electrons. The second kappa shape index (κ2) is 5.41. The molecule has 0 saturated heterocycles. The molecule has 2 unspecified atom stereocenters. The van der Waals surface area contributed by atoms with Crippen LogP contribution in [0.15, 0.2) is 0 Å². The maximum Gasteiger partial charge on any atom is 0.0684 e. The van der Waals surface area contributed by atoms with Crippen molar-refractivity contribution in [2.45, 2.75) is 64.4 Å². The maximum atomic E-state index is 10.5. The van der Waals surface area contributed by atoms with Crippen LogP contribution in [-0.2, 0) is 0 Å². The van der Waals surface area contributed by atoms with Gasteiger partial charge in [-0.3, -0.25) is 0 Å². The van der Waals surface area contributed by atoms with Gasteiger partial charge in [-0.2, -0.15) is 0 Å². The Hall–Kier alpha value is -0.480. The summed E-state index contributed by atoms with van der Waals surface area (Å²) in [6.45, 7) is 4.05. The fraction of sp³-hybridized carbons (Fsp3) is 0.846. The second-order valence-electron chi connectivity index (χ2n) is 4.38. The van der Waals surface area contributed by atoms with Crippen LogP contribution in [0.2, 0.25) is 0 Å². The highest BCUT2D eigenvalue weighted by Crippen LogP contribution is 2.38. The Kier molecular flexibility index (Phi) is 4.48. The van der Waals surface area contributed by atoms with E-state index in [4.69, 9.17) is 0 Å². The van der Waals surface area contributed by atoms with Gasteiger partial charge < -0.3 is 5.11 Å². The molecule has 0 aliphatic heterocycles. The molecule has 1 rings (SSSR count). The minimum atomic E-state index is -0.406. The van der Waals surface area contributed by atoms with Crippen LogP contribution in [0, 0.1) is 17.8 Å². The highest BCUT2D eigenvalue weighted by Gasteiger charge is 2.36. The van der Waals surface area contributed by atoms with Crippen LogP contribution in [0.25, 0.3) is 0 Å². The Labute approximate surface area is 87.9 Å². The molecule has 2 atom stereocenters. The van der Waals surface area contributed by atoms with E-state index in [1.54, 1.807) is 0 Å². The molecule has 80 valence electrons. The van der Waals surface area contributed by atoms with Gasteiger partial charge in [0, 0.05) is 6.42 Å². The van der Waals surface area contributed by atoms with Gasteiger partial charge in [0.2, 0.25) is 0 Å². The smallest absolute Gasteiger partial charge is 0.0684 e. The van der Waals surface area contributed by atoms with E-state index in [9.17, 15) is 5.11 Å². The van der Waals surface area contributed by atoms with Crippen molar-refractivity contribution in [3.63, 3.8) is 0 Å². The first-order chi connectivity index (χ1) is 6.73. The Balaban J connectivity index is 2.52. The first-order valence-electron chi connectivity index (χ1n) is 5.85. The summed E-state index contributed by atoms with van der Waals surface area (Å²) in [6.07, 6.45) is 7.49. The maximum absolute atomic E-state index is 10.5. The number of rotatable bonds is 3. The van der Waals surface area contributed by atoms with Crippen LogP contribution in [0.3, 0.4) is 0 Å². The predicted molar refractivity (Wildman–Crippen MR) is 59.9 cm³/mol. The van der Waals surface area contributed by atoms with Crippen molar-refractivity contribution in [2.24, 2.45) is 5.92 Å². The van der Waals surface area contributed by atoms with Crippen molar-refractivity contribution in [3.05, 3.63) is 0 Å². The zero-order valence-corrected chi connectivity index (χ0v) is 9.47. The molecular weight excluding hydrogens is 172 g/mol. The van der Waals surface area contributed by atoms with Gasteiger partial charge in [-0.05, 0) is 32.1 Å². The van der Waals surface area contributed by atoms with Crippen molar-refractivity contribution in [1.29, 1.82) is 0 Å². The molecule has 1 saturated carbocycles.